The van der Waals surface area contributed by atoms with Crippen LogP contribution in [-0.2, 0) is 23.9 Å². The number of amides is 2. The first-order chi connectivity index (χ1) is 18.2. The van der Waals surface area contributed by atoms with Crippen LogP contribution in [0, 0.1) is 17.8 Å². The number of carbonyl (C=O) groups excluding carboxylic acids is 3. The fourth-order valence-corrected chi connectivity index (χ4v) is 6.88. The number of aliphatic hydroxyl groups is 1. The van der Waals surface area contributed by atoms with Gasteiger partial charge in [-0.05, 0) is 31.2 Å². The van der Waals surface area contributed by atoms with Crippen LogP contribution in [0.3, 0.4) is 0 Å². The normalized spacial score (nSPS) is 32.1. The topological polar surface area (TPSA) is 96.4 Å². The second-order valence-corrected chi connectivity index (χ2v) is 10.9. The Balaban J connectivity index is 1.86. The number of unbranched alkanes of at least 4 members (excludes halogenated alkanes) is 1. The van der Waals surface area contributed by atoms with Gasteiger partial charge in [0.1, 0.15) is 24.2 Å². The summed E-state index contributed by atoms with van der Waals surface area (Å²) in [5, 5.41) is 10.6. The van der Waals surface area contributed by atoms with Crippen molar-refractivity contribution in [2.75, 3.05) is 26.3 Å². The van der Waals surface area contributed by atoms with Crippen molar-refractivity contribution < 1.29 is 29.0 Å². The number of esters is 1. The van der Waals surface area contributed by atoms with Crippen LogP contribution in [0.2, 0.25) is 0 Å². The van der Waals surface area contributed by atoms with E-state index in [0.29, 0.717) is 25.1 Å². The van der Waals surface area contributed by atoms with Crippen LogP contribution in [0.25, 0.3) is 0 Å². The minimum atomic E-state index is -1.21. The molecule has 2 amide bonds. The van der Waals surface area contributed by atoms with Crippen molar-refractivity contribution in [2.45, 2.75) is 63.3 Å². The molecule has 38 heavy (non-hydrogen) atoms. The minimum Gasteiger partial charge on any atom is -0.461 e. The van der Waals surface area contributed by atoms with Crippen LogP contribution in [-0.4, -0.2) is 76.2 Å². The van der Waals surface area contributed by atoms with E-state index in [2.05, 4.69) is 20.1 Å². The van der Waals surface area contributed by atoms with Crippen LogP contribution >= 0.6 is 0 Å². The van der Waals surface area contributed by atoms with E-state index < -0.39 is 41.1 Å². The maximum Gasteiger partial charge on any atom is 0.313 e. The number of rotatable bonds is 12. The second-order valence-electron chi connectivity index (χ2n) is 10.9. The quantitative estimate of drug-likeness (QED) is 0.333. The highest BCUT2D eigenvalue weighted by molar-refractivity contribution is 5.99. The number of hydrogen-bond donors (Lipinski definition) is 1. The Morgan fingerprint density at radius 2 is 2.00 bits per heavy atom. The molecule has 3 unspecified atom stereocenters. The largest absolute Gasteiger partial charge is 0.461 e. The average Bonchev–Trinajstić information content (AvgIpc) is 3.43. The smallest absolute Gasteiger partial charge is 0.313 e. The molecule has 1 aromatic rings. The van der Waals surface area contributed by atoms with Crippen molar-refractivity contribution >= 4 is 17.8 Å². The molecule has 8 nitrogen and oxygen atoms in total. The van der Waals surface area contributed by atoms with Gasteiger partial charge < -0.3 is 24.4 Å². The van der Waals surface area contributed by atoms with E-state index in [0.717, 1.165) is 12.8 Å². The van der Waals surface area contributed by atoms with Crippen LogP contribution in [0.4, 0.5) is 0 Å². The average molecular weight is 525 g/mol. The van der Waals surface area contributed by atoms with Gasteiger partial charge in [-0.2, -0.15) is 0 Å². The number of likely N-dealkylation sites (tertiary alicyclic amines) is 1. The lowest BCUT2D eigenvalue weighted by atomic mass is 9.62. The molecule has 1 aromatic carbocycles. The van der Waals surface area contributed by atoms with Gasteiger partial charge in [0, 0.05) is 13.1 Å². The summed E-state index contributed by atoms with van der Waals surface area (Å²) in [7, 11) is 0. The van der Waals surface area contributed by atoms with E-state index in [1.54, 1.807) is 11.0 Å². The number of hydrogen-bond acceptors (Lipinski definition) is 6. The highest BCUT2D eigenvalue weighted by Crippen LogP contribution is 2.66. The van der Waals surface area contributed by atoms with Crippen molar-refractivity contribution in [3.63, 3.8) is 0 Å². The highest BCUT2D eigenvalue weighted by Gasteiger charge is 2.80. The molecule has 3 aliphatic rings. The van der Waals surface area contributed by atoms with E-state index in [4.69, 9.17) is 9.47 Å². The Hall–Kier alpha value is -2.97. The zero-order chi connectivity index (χ0) is 27.7. The molecule has 8 heteroatoms. The van der Waals surface area contributed by atoms with Crippen LogP contribution in [0.15, 0.2) is 55.6 Å². The van der Waals surface area contributed by atoms with Crippen molar-refractivity contribution in [1.82, 2.24) is 9.80 Å². The molecule has 206 valence electrons. The zero-order valence-electron chi connectivity index (χ0n) is 22.7. The molecule has 3 fully saturated rings. The summed E-state index contributed by atoms with van der Waals surface area (Å²) >= 11 is 0. The van der Waals surface area contributed by atoms with Crippen molar-refractivity contribution in [3.8, 4) is 0 Å². The van der Waals surface area contributed by atoms with Gasteiger partial charge >= 0.3 is 5.97 Å². The zero-order valence-corrected chi connectivity index (χ0v) is 22.7. The molecule has 0 saturated carbocycles. The standard InChI is InChI=1S/C30H40N2O6/c1-6-9-16-31(15-7-2)27(35)25-30-18-20(4)29(5,38-30)24(28(36)37-17-8-3)23(30)26(34)32(25)22(19-33)21-13-11-10-12-14-21/h7-8,10-14,20,22-25,33H,2-3,6,9,15-19H2,1,4-5H3/t20?,22-,23+,24-,25?,29+,30?/m1/s1. The van der Waals surface area contributed by atoms with E-state index in [-0.39, 0.29) is 30.9 Å². The van der Waals surface area contributed by atoms with E-state index in [9.17, 15) is 19.5 Å². The molecule has 0 aliphatic carbocycles. The first kappa shape index (κ1) is 28.0. The summed E-state index contributed by atoms with van der Waals surface area (Å²) in [6.07, 6.45) is 5.30. The predicted octanol–water partition coefficient (Wildman–Crippen LogP) is 3.27. The number of nitrogens with zero attached hydrogens (tertiary/aromatic N) is 2. The van der Waals surface area contributed by atoms with Crippen molar-refractivity contribution in [1.29, 1.82) is 0 Å². The summed E-state index contributed by atoms with van der Waals surface area (Å²) in [5.74, 6) is -3.02. The fourth-order valence-electron chi connectivity index (χ4n) is 6.88. The lowest BCUT2D eigenvalue weighted by Crippen LogP contribution is -2.57. The molecule has 0 aromatic heterocycles. The third kappa shape index (κ3) is 4.28. The Morgan fingerprint density at radius 3 is 2.61 bits per heavy atom. The Bertz CT molecular complexity index is 1080. The molecule has 4 rings (SSSR count). The Kier molecular flexibility index (Phi) is 8.14. The predicted molar refractivity (Wildman–Crippen MR) is 143 cm³/mol. The lowest BCUT2D eigenvalue weighted by Gasteiger charge is -2.39. The van der Waals surface area contributed by atoms with Gasteiger partial charge in [0.05, 0.1) is 24.2 Å². The SMILES string of the molecule is C=CCOC(=O)[C@H]1[C@H]2C(=O)N([C@H](CO)c3ccccc3)C(C(=O)N(CC=C)CCCC)C23CC(C)[C@]1(C)O3. The Labute approximate surface area is 225 Å². The van der Waals surface area contributed by atoms with Gasteiger partial charge in [-0.15, -0.1) is 6.58 Å². The Morgan fingerprint density at radius 1 is 1.29 bits per heavy atom. The first-order valence-electron chi connectivity index (χ1n) is 13.6. The number of aliphatic hydroxyl groups excluding tert-OH is 1. The van der Waals surface area contributed by atoms with E-state index in [1.165, 1.54) is 11.0 Å². The summed E-state index contributed by atoms with van der Waals surface area (Å²) in [6.45, 7) is 13.8. The number of fused-ring (bicyclic) bond motifs is 1. The van der Waals surface area contributed by atoms with Gasteiger partial charge in [0.2, 0.25) is 11.8 Å². The minimum absolute atomic E-state index is 0.0210. The number of benzene rings is 1. The van der Waals surface area contributed by atoms with Crippen LogP contribution in [0.1, 0.15) is 51.6 Å². The van der Waals surface area contributed by atoms with Gasteiger partial charge in [-0.1, -0.05) is 69.3 Å². The third-order valence-corrected chi connectivity index (χ3v) is 8.72. The third-order valence-electron chi connectivity index (χ3n) is 8.72. The lowest BCUT2D eigenvalue weighted by molar-refractivity contribution is -0.163. The highest BCUT2D eigenvalue weighted by atomic mass is 16.6. The molecule has 1 spiro atoms. The molecule has 7 atom stereocenters. The maximum absolute atomic E-state index is 14.4. The molecule has 3 aliphatic heterocycles. The van der Waals surface area contributed by atoms with E-state index in [1.807, 2.05) is 44.2 Å². The van der Waals surface area contributed by atoms with Crippen LogP contribution in [0.5, 0.6) is 0 Å². The van der Waals surface area contributed by atoms with Gasteiger partial charge in [0.25, 0.3) is 0 Å². The summed E-state index contributed by atoms with van der Waals surface area (Å²) in [5.41, 5.74) is -1.47. The van der Waals surface area contributed by atoms with Gasteiger partial charge in [-0.3, -0.25) is 14.4 Å². The van der Waals surface area contributed by atoms with Gasteiger partial charge in [0.15, 0.2) is 0 Å². The first-order valence-corrected chi connectivity index (χ1v) is 13.6. The summed E-state index contributed by atoms with van der Waals surface area (Å²) < 4.78 is 12.2. The van der Waals surface area contributed by atoms with Crippen molar-refractivity contribution in [2.24, 2.45) is 17.8 Å². The summed E-state index contributed by atoms with van der Waals surface area (Å²) in [4.78, 5) is 45.5. The molecule has 2 bridgehead atoms. The molecule has 1 N–H and O–H groups in total. The number of ether oxygens (including phenoxy) is 2. The second kappa shape index (κ2) is 11.0. The molecule has 3 heterocycles. The fraction of sp³-hybridized carbons (Fsp3) is 0.567. The molecule has 0 radical (unpaired) electrons. The molecular formula is C30H40N2O6. The van der Waals surface area contributed by atoms with E-state index >= 15 is 0 Å². The van der Waals surface area contributed by atoms with Gasteiger partial charge in [-0.25, -0.2) is 0 Å². The molecular weight excluding hydrogens is 484 g/mol. The summed E-state index contributed by atoms with van der Waals surface area (Å²) in [6, 6.07) is 7.41. The van der Waals surface area contributed by atoms with Crippen LogP contribution < -0.4 is 0 Å². The van der Waals surface area contributed by atoms with Crippen molar-refractivity contribution in [3.05, 3.63) is 61.2 Å². The maximum atomic E-state index is 14.4. The molecule has 3 saturated heterocycles. The number of carbonyl (C=O) groups is 3. The monoisotopic (exact) mass is 524 g/mol.